The van der Waals surface area contributed by atoms with Gasteiger partial charge < -0.3 is 4.98 Å². The number of rotatable bonds is 2. The number of nitrogens with zero attached hydrogens (tertiary/aromatic N) is 3. The average molecular weight is 367 g/mol. The van der Waals surface area contributed by atoms with Gasteiger partial charge in [-0.25, -0.2) is 4.98 Å². The summed E-state index contributed by atoms with van der Waals surface area (Å²) in [7, 11) is 0. The van der Waals surface area contributed by atoms with Gasteiger partial charge in [0.05, 0.1) is 16.7 Å². The second kappa shape index (κ2) is 6.24. The first kappa shape index (κ1) is 16.1. The molecule has 0 amide bonds. The molecular formula is C21H13N5O2. The van der Waals surface area contributed by atoms with Gasteiger partial charge in [-0.3, -0.25) is 14.7 Å². The number of H-pyrrole nitrogens is 2. The first-order valence-corrected chi connectivity index (χ1v) is 8.64. The SMILES string of the molecule is O=c1[nH]c2cc(C=Cc3ccc4ccccc4n3)ccc2c(=O)c2[nH]nnc12. The van der Waals surface area contributed by atoms with Crippen LogP contribution in [0.4, 0.5) is 0 Å². The van der Waals surface area contributed by atoms with Crippen molar-refractivity contribution in [1.82, 2.24) is 25.4 Å². The Hall–Kier alpha value is -4.13. The Morgan fingerprint density at radius 1 is 0.929 bits per heavy atom. The Labute approximate surface area is 157 Å². The number of nitrogens with one attached hydrogen (secondary N) is 2. The van der Waals surface area contributed by atoms with Crippen molar-refractivity contribution in [3.63, 3.8) is 0 Å². The molecule has 0 unspecified atom stereocenters. The van der Waals surface area contributed by atoms with Gasteiger partial charge in [0, 0.05) is 10.8 Å². The molecular weight excluding hydrogens is 354 g/mol. The molecule has 7 nitrogen and oxygen atoms in total. The highest BCUT2D eigenvalue weighted by Gasteiger charge is 2.09. The molecule has 0 saturated heterocycles. The zero-order valence-electron chi connectivity index (χ0n) is 14.5. The molecule has 0 aliphatic heterocycles. The lowest BCUT2D eigenvalue weighted by Gasteiger charge is -1.99. The molecule has 5 rings (SSSR count). The zero-order chi connectivity index (χ0) is 19.1. The largest absolute Gasteiger partial charge is 0.320 e. The number of para-hydroxylation sites is 1. The van der Waals surface area contributed by atoms with Crippen LogP contribution in [0.15, 0.2) is 64.2 Å². The van der Waals surface area contributed by atoms with E-state index in [4.69, 9.17) is 0 Å². The van der Waals surface area contributed by atoms with Gasteiger partial charge in [0.25, 0.3) is 5.56 Å². The predicted octanol–water partition coefficient (Wildman–Crippen LogP) is 2.88. The van der Waals surface area contributed by atoms with Crippen LogP contribution >= 0.6 is 0 Å². The van der Waals surface area contributed by atoms with Crippen LogP contribution in [0.3, 0.4) is 0 Å². The number of fused-ring (bicyclic) bond motifs is 3. The summed E-state index contributed by atoms with van der Waals surface area (Å²) in [6.45, 7) is 0. The quantitative estimate of drug-likeness (QED) is 0.499. The minimum atomic E-state index is -0.465. The van der Waals surface area contributed by atoms with Crippen molar-refractivity contribution in [2.75, 3.05) is 0 Å². The molecule has 0 aliphatic carbocycles. The number of hydrogen-bond acceptors (Lipinski definition) is 5. The summed E-state index contributed by atoms with van der Waals surface area (Å²) in [6, 6.07) is 17.1. The number of pyridine rings is 1. The lowest BCUT2D eigenvalue weighted by atomic mass is 10.1. The summed E-state index contributed by atoms with van der Waals surface area (Å²) >= 11 is 0. The third-order valence-electron chi connectivity index (χ3n) is 4.59. The lowest BCUT2D eigenvalue weighted by molar-refractivity contribution is 0.955. The van der Waals surface area contributed by atoms with Crippen LogP contribution in [-0.4, -0.2) is 25.4 Å². The Balaban J connectivity index is 1.61. The molecule has 3 aromatic heterocycles. The molecule has 2 N–H and O–H groups in total. The van der Waals surface area contributed by atoms with Crippen LogP contribution in [-0.2, 0) is 0 Å². The Morgan fingerprint density at radius 2 is 1.82 bits per heavy atom. The fourth-order valence-corrected chi connectivity index (χ4v) is 3.18. The van der Waals surface area contributed by atoms with Crippen molar-refractivity contribution in [1.29, 1.82) is 0 Å². The van der Waals surface area contributed by atoms with E-state index in [0.717, 1.165) is 22.2 Å². The molecule has 28 heavy (non-hydrogen) atoms. The van der Waals surface area contributed by atoms with Crippen molar-refractivity contribution in [3.05, 3.63) is 86.4 Å². The zero-order valence-corrected chi connectivity index (χ0v) is 14.5. The summed E-state index contributed by atoms with van der Waals surface area (Å²) < 4.78 is 0. The van der Waals surface area contributed by atoms with Crippen LogP contribution in [0.1, 0.15) is 11.3 Å². The summed E-state index contributed by atoms with van der Waals surface area (Å²) in [5, 5.41) is 11.2. The van der Waals surface area contributed by atoms with Crippen molar-refractivity contribution >= 4 is 45.0 Å². The topological polar surface area (TPSA) is 104 Å². The molecule has 0 radical (unpaired) electrons. The molecule has 134 valence electrons. The molecule has 0 aliphatic rings. The molecule has 2 aromatic carbocycles. The summed E-state index contributed by atoms with van der Waals surface area (Å²) in [6.07, 6.45) is 3.78. The number of aromatic amines is 2. The third-order valence-corrected chi connectivity index (χ3v) is 4.59. The third kappa shape index (κ3) is 2.66. The van der Waals surface area contributed by atoms with E-state index in [2.05, 4.69) is 25.4 Å². The van der Waals surface area contributed by atoms with Gasteiger partial charge in [-0.05, 0) is 35.9 Å². The van der Waals surface area contributed by atoms with Gasteiger partial charge in [-0.2, -0.15) is 0 Å². The maximum Gasteiger partial charge on any atom is 0.278 e. The first-order chi connectivity index (χ1) is 13.7. The van der Waals surface area contributed by atoms with E-state index in [9.17, 15) is 9.59 Å². The smallest absolute Gasteiger partial charge is 0.278 e. The fraction of sp³-hybridized carbons (Fsp3) is 0. The van der Waals surface area contributed by atoms with Gasteiger partial charge in [0.1, 0.15) is 5.52 Å². The van der Waals surface area contributed by atoms with Crippen LogP contribution < -0.4 is 11.0 Å². The minimum Gasteiger partial charge on any atom is -0.320 e. The van der Waals surface area contributed by atoms with Crippen molar-refractivity contribution in [3.8, 4) is 0 Å². The maximum absolute atomic E-state index is 12.6. The van der Waals surface area contributed by atoms with Gasteiger partial charge in [-0.1, -0.05) is 41.6 Å². The molecule has 0 fully saturated rings. The highest BCUT2D eigenvalue weighted by molar-refractivity contribution is 5.88. The van der Waals surface area contributed by atoms with Crippen molar-refractivity contribution in [2.45, 2.75) is 0 Å². The van der Waals surface area contributed by atoms with Crippen molar-refractivity contribution < 1.29 is 0 Å². The highest BCUT2D eigenvalue weighted by Crippen LogP contribution is 2.16. The van der Waals surface area contributed by atoms with Crippen molar-refractivity contribution in [2.24, 2.45) is 0 Å². The Morgan fingerprint density at radius 3 is 2.75 bits per heavy atom. The predicted molar refractivity (Wildman–Crippen MR) is 109 cm³/mol. The standard InChI is InChI=1S/C21H13N5O2/c27-20-15-10-6-12(11-17(15)23-21(28)19-18(20)24-26-25-19)5-8-14-9-7-13-3-1-2-4-16(13)22-14/h1-11H,(H,23,28)(H,24,25,26). The van der Waals surface area contributed by atoms with E-state index in [-0.39, 0.29) is 16.5 Å². The van der Waals surface area contributed by atoms with Crippen LogP contribution in [0.2, 0.25) is 0 Å². The monoisotopic (exact) mass is 367 g/mol. The molecule has 3 heterocycles. The lowest BCUT2D eigenvalue weighted by Crippen LogP contribution is -2.02. The van der Waals surface area contributed by atoms with Gasteiger partial charge >= 0.3 is 0 Å². The molecule has 0 bridgehead atoms. The summed E-state index contributed by atoms with van der Waals surface area (Å²) in [4.78, 5) is 32.2. The number of benzene rings is 2. The molecule has 0 spiro atoms. The highest BCUT2D eigenvalue weighted by atomic mass is 16.1. The molecule has 0 atom stereocenters. The van der Waals surface area contributed by atoms with Crippen LogP contribution in [0.25, 0.3) is 45.0 Å². The van der Waals surface area contributed by atoms with Crippen LogP contribution in [0.5, 0.6) is 0 Å². The van der Waals surface area contributed by atoms with E-state index in [1.165, 1.54) is 0 Å². The summed E-state index contributed by atoms with van der Waals surface area (Å²) in [5.41, 5.74) is 2.32. The molecule has 7 heteroatoms. The Kier molecular flexibility index (Phi) is 3.58. The minimum absolute atomic E-state index is 0.00124. The van der Waals surface area contributed by atoms with Crippen LogP contribution in [0, 0.1) is 0 Å². The maximum atomic E-state index is 12.6. The van der Waals surface area contributed by atoms with Gasteiger partial charge in [-0.15, -0.1) is 5.10 Å². The van der Waals surface area contributed by atoms with E-state index in [0.29, 0.717) is 10.9 Å². The molecule has 5 aromatic rings. The first-order valence-electron chi connectivity index (χ1n) is 8.64. The molecule has 0 saturated carbocycles. The van der Waals surface area contributed by atoms with E-state index < -0.39 is 5.56 Å². The second-order valence-corrected chi connectivity index (χ2v) is 6.39. The van der Waals surface area contributed by atoms with E-state index in [1.807, 2.05) is 54.6 Å². The second-order valence-electron chi connectivity index (χ2n) is 6.39. The number of hydrogen-bond donors (Lipinski definition) is 2. The Bertz CT molecular complexity index is 1510. The number of aromatic nitrogens is 5. The normalized spacial score (nSPS) is 11.7. The van der Waals surface area contributed by atoms with Gasteiger partial charge in [0.2, 0.25) is 5.43 Å². The van der Waals surface area contributed by atoms with E-state index in [1.54, 1.807) is 12.1 Å². The average Bonchev–Trinajstić information content (AvgIpc) is 3.19. The van der Waals surface area contributed by atoms with Gasteiger partial charge in [0.15, 0.2) is 5.52 Å². The fourth-order valence-electron chi connectivity index (χ4n) is 3.18. The van der Waals surface area contributed by atoms with E-state index >= 15 is 0 Å². The summed E-state index contributed by atoms with van der Waals surface area (Å²) in [5.74, 6) is 0.